The maximum Gasteiger partial charge on any atom is 0.0752 e. The molecular weight excluding hydrogens is 282 g/mol. The minimum Gasteiger partial charge on any atom is -0.382 e. The van der Waals surface area contributed by atoms with Gasteiger partial charge in [-0.1, -0.05) is 18.0 Å². The maximum atomic E-state index is 6.46. The van der Waals surface area contributed by atoms with E-state index in [0.29, 0.717) is 6.04 Å². The number of halogens is 1. The number of hydrogen-bond acceptors (Lipinski definition) is 3. The van der Waals surface area contributed by atoms with E-state index < -0.39 is 0 Å². The van der Waals surface area contributed by atoms with Gasteiger partial charge in [-0.05, 0) is 57.1 Å². The average Bonchev–Trinajstić information content (AvgIpc) is 2.49. The van der Waals surface area contributed by atoms with Gasteiger partial charge in [0.25, 0.3) is 0 Å². The highest BCUT2D eigenvalue weighted by Gasteiger charge is 2.19. The second kappa shape index (κ2) is 6.20. The van der Waals surface area contributed by atoms with Gasteiger partial charge in [-0.15, -0.1) is 0 Å². The van der Waals surface area contributed by atoms with Crippen LogP contribution in [0.1, 0.15) is 24.8 Å². The highest BCUT2D eigenvalue weighted by molar-refractivity contribution is 6.35. The average molecular weight is 304 g/mol. The van der Waals surface area contributed by atoms with E-state index in [0.717, 1.165) is 33.7 Å². The minimum absolute atomic E-state index is 0.586. The van der Waals surface area contributed by atoms with Gasteiger partial charge in [0.2, 0.25) is 0 Å². The summed E-state index contributed by atoms with van der Waals surface area (Å²) in [5.41, 5.74) is 3.17. The molecule has 0 saturated carbocycles. The monoisotopic (exact) mass is 303 g/mol. The normalized spacial score (nSPS) is 19.9. The standard InChI is InChI=1S/C17H22ClN3/c1-12-10-15(18)17(14-7-5-8-19-16(12)14)20-11-13-6-3-4-9-21(13)2/h5,7-8,10,13,20H,3-4,6,9,11H2,1-2H3. The van der Waals surface area contributed by atoms with E-state index in [2.05, 4.69) is 35.2 Å². The number of aromatic nitrogens is 1. The number of likely N-dealkylation sites (N-methyl/N-ethyl adjacent to an activating group) is 1. The largest absolute Gasteiger partial charge is 0.382 e. The Morgan fingerprint density at radius 2 is 2.29 bits per heavy atom. The van der Waals surface area contributed by atoms with E-state index in [4.69, 9.17) is 11.6 Å². The fourth-order valence-electron chi connectivity index (χ4n) is 3.18. The fraction of sp³-hybridized carbons (Fsp3) is 0.471. The van der Waals surface area contributed by atoms with Crippen molar-refractivity contribution in [3.63, 3.8) is 0 Å². The van der Waals surface area contributed by atoms with Crippen molar-refractivity contribution >= 4 is 28.2 Å². The molecule has 0 amide bonds. The summed E-state index contributed by atoms with van der Waals surface area (Å²) in [5.74, 6) is 0. The zero-order valence-electron chi connectivity index (χ0n) is 12.7. The summed E-state index contributed by atoms with van der Waals surface area (Å²) in [7, 11) is 2.21. The van der Waals surface area contributed by atoms with Gasteiger partial charge >= 0.3 is 0 Å². The summed E-state index contributed by atoms with van der Waals surface area (Å²) >= 11 is 6.46. The lowest BCUT2D eigenvalue weighted by Crippen LogP contribution is -2.40. The molecule has 4 heteroatoms. The molecule has 0 bridgehead atoms. The number of nitrogens with zero attached hydrogens (tertiary/aromatic N) is 2. The molecule has 3 nitrogen and oxygen atoms in total. The van der Waals surface area contributed by atoms with E-state index >= 15 is 0 Å². The maximum absolute atomic E-state index is 6.46. The van der Waals surface area contributed by atoms with Gasteiger partial charge in [-0.3, -0.25) is 4.98 Å². The van der Waals surface area contributed by atoms with E-state index in [1.807, 2.05) is 18.3 Å². The van der Waals surface area contributed by atoms with Crippen LogP contribution >= 0.6 is 11.6 Å². The van der Waals surface area contributed by atoms with Crippen LogP contribution in [0.3, 0.4) is 0 Å². The van der Waals surface area contributed by atoms with E-state index in [1.165, 1.54) is 25.8 Å². The van der Waals surface area contributed by atoms with Gasteiger partial charge in [-0.2, -0.15) is 0 Å². The van der Waals surface area contributed by atoms with Crippen LogP contribution in [0, 0.1) is 6.92 Å². The zero-order valence-corrected chi connectivity index (χ0v) is 13.5. The van der Waals surface area contributed by atoms with Crippen molar-refractivity contribution in [1.29, 1.82) is 0 Å². The van der Waals surface area contributed by atoms with Crippen LogP contribution in [0.25, 0.3) is 10.9 Å². The molecule has 2 aromatic rings. The number of fused-ring (bicyclic) bond motifs is 1. The first kappa shape index (κ1) is 14.6. The molecule has 1 aliphatic heterocycles. The molecule has 1 N–H and O–H groups in total. The molecular formula is C17H22ClN3. The molecule has 1 unspecified atom stereocenters. The van der Waals surface area contributed by atoms with Crippen LogP contribution in [0.15, 0.2) is 24.4 Å². The highest BCUT2D eigenvalue weighted by Crippen LogP contribution is 2.32. The molecule has 21 heavy (non-hydrogen) atoms. The van der Waals surface area contributed by atoms with Crippen molar-refractivity contribution in [3.8, 4) is 0 Å². The van der Waals surface area contributed by atoms with Crippen LogP contribution in [-0.4, -0.2) is 36.1 Å². The summed E-state index contributed by atoms with van der Waals surface area (Å²) in [4.78, 5) is 6.93. The van der Waals surface area contributed by atoms with Gasteiger partial charge in [0.05, 0.1) is 16.2 Å². The lowest BCUT2D eigenvalue weighted by molar-refractivity contribution is 0.195. The van der Waals surface area contributed by atoms with Crippen LogP contribution in [0.2, 0.25) is 5.02 Å². The number of likely N-dealkylation sites (tertiary alicyclic amines) is 1. The van der Waals surface area contributed by atoms with Gasteiger partial charge < -0.3 is 10.2 Å². The summed E-state index contributed by atoms with van der Waals surface area (Å²) in [6, 6.07) is 6.65. The Bertz CT molecular complexity index is 641. The zero-order chi connectivity index (χ0) is 14.8. The molecule has 2 heterocycles. The van der Waals surface area contributed by atoms with Crippen LogP contribution < -0.4 is 5.32 Å². The molecule has 0 radical (unpaired) electrons. The molecule has 1 aliphatic rings. The van der Waals surface area contributed by atoms with Crippen molar-refractivity contribution in [2.45, 2.75) is 32.2 Å². The van der Waals surface area contributed by atoms with E-state index in [9.17, 15) is 0 Å². The third-order valence-electron chi connectivity index (χ3n) is 4.47. The molecule has 1 aromatic heterocycles. The second-order valence-corrected chi connectivity index (χ2v) is 6.37. The number of aryl methyl sites for hydroxylation is 1. The molecule has 1 fully saturated rings. The predicted molar refractivity (Wildman–Crippen MR) is 90.2 cm³/mol. The Labute approximate surface area is 131 Å². The van der Waals surface area contributed by atoms with Crippen molar-refractivity contribution in [1.82, 2.24) is 9.88 Å². The molecule has 112 valence electrons. The molecule has 0 spiro atoms. The lowest BCUT2D eigenvalue weighted by atomic mass is 10.0. The number of nitrogens with one attached hydrogen (secondary N) is 1. The Kier molecular flexibility index (Phi) is 4.32. The summed E-state index contributed by atoms with van der Waals surface area (Å²) in [6.07, 6.45) is 5.72. The first-order chi connectivity index (χ1) is 10.2. The molecule has 1 atom stereocenters. The number of benzene rings is 1. The summed E-state index contributed by atoms with van der Waals surface area (Å²) in [6.45, 7) is 4.18. The van der Waals surface area contributed by atoms with Gasteiger partial charge in [0.1, 0.15) is 0 Å². The Hall–Kier alpha value is -1.32. The third kappa shape index (κ3) is 2.99. The SMILES string of the molecule is Cc1cc(Cl)c(NCC2CCCCN2C)c2cccnc12. The highest BCUT2D eigenvalue weighted by atomic mass is 35.5. The third-order valence-corrected chi connectivity index (χ3v) is 4.77. The summed E-state index contributed by atoms with van der Waals surface area (Å²) < 4.78 is 0. The number of anilines is 1. The quantitative estimate of drug-likeness (QED) is 0.925. The Morgan fingerprint density at radius 1 is 1.43 bits per heavy atom. The predicted octanol–water partition coefficient (Wildman–Crippen LogP) is 4.09. The van der Waals surface area contributed by atoms with Gasteiger partial charge in [-0.25, -0.2) is 0 Å². The molecule has 3 rings (SSSR count). The van der Waals surface area contributed by atoms with E-state index in [-0.39, 0.29) is 0 Å². The Balaban J connectivity index is 1.86. The van der Waals surface area contributed by atoms with Gasteiger partial charge in [0, 0.05) is 24.2 Å². The molecule has 1 aromatic carbocycles. The molecule has 0 aliphatic carbocycles. The lowest BCUT2D eigenvalue weighted by Gasteiger charge is -2.33. The Morgan fingerprint density at radius 3 is 3.10 bits per heavy atom. The van der Waals surface area contributed by atoms with Crippen molar-refractivity contribution < 1.29 is 0 Å². The van der Waals surface area contributed by atoms with Crippen molar-refractivity contribution in [3.05, 3.63) is 35.0 Å². The van der Waals surface area contributed by atoms with Crippen molar-refractivity contribution in [2.24, 2.45) is 0 Å². The van der Waals surface area contributed by atoms with Crippen LogP contribution in [0.5, 0.6) is 0 Å². The first-order valence-corrected chi connectivity index (χ1v) is 8.02. The topological polar surface area (TPSA) is 28.2 Å². The number of hydrogen-bond donors (Lipinski definition) is 1. The minimum atomic E-state index is 0.586. The number of piperidine rings is 1. The van der Waals surface area contributed by atoms with Crippen LogP contribution in [0.4, 0.5) is 5.69 Å². The van der Waals surface area contributed by atoms with E-state index in [1.54, 1.807) is 0 Å². The van der Waals surface area contributed by atoms with Crippen LogP contribution in [-0.2, 0) is 0 Å². The number of pyridine rings is 1. The molecule has 1 saturated heterocycles. The van der Waals surface area contributed by atoms with Gasteiger partial charge in [0.15, 0.2) is 0 Å². The summed E-state index contributed by atoms with van der Waals surface area (Å²) in [5, 5.41) is 5.47. The smallest absolute Gasteiger partial charge is 0.0752 e. The first-order valence-electron chi connectivity index (χ1n) is 7.65. The van der Waals surface area contributed by atoms with Crippen molar-refractivity contribution in [2.75, 3.05) is 25.5 Å². The number of rotatable bonds is 3. The second-order valence-electron chi connectivity index (χ2n) is 5.96. The fourth-order valence-corrected chi connectivity index (χ4v) is 3.51.